The summed E-state index contributed by atoms with van der Waals surface area (Å²) in [6, 6.07) is 7.40. The monoisotopic (exact) mass is 345 g/mol. The largest absolute Gasteiger partial charge is 0.322 e. The molecule has 1 N–H and O–H groups in total. The molecule has 0 saturated heterocycles. The summed E-state index contributed by atoms with van der Waals surface area (Å²) < 4.78 is 26.6. The molecule has 0 heterocycles. The van der Waals surface area contributed by atoms with Gasteiger partial charge in [-0.15, -0.1) is 0 Å². The first kappa shape index (κ1) is 14.0. The Morgan fingerprint density at radius 3 is 2.32 bits per heavy atom. The van der Waals surface area contributed by atoms with Gasteiger partial charge in [-0.3, -0.25) is 4.79 Å². The molecule has 0 radical (unpaired) electrons. The van der Waals surface area contributed by atoms with Crippen molar-refractivity contribution in [1.29, 1.82) is 0 Å². The van der Waals surface area contributed by atoms with Crippen molar-refractivity contribution < 1.29 is 13.6 Å². The van der Waals surface area contributed by atoms with Crippen molar-refractivity contribution in [2.45, 2.75) is 0 Å². The van der Waals surface area contributed by atoms with Crippen LogP contribution in [0.4, 0.5) is 14.5 Å². The molecule has 0 bridgehead atoms. The van der Waals surface area contributed by atoms with E-state index in [4.69, 9.17) is 11.6 Å². The summed E-state index contributed by atoms with van der Waals surface area (Å²) in [5, 5.41) is 2.77. The van der Waals surface area contributed by atoms with Gasteiger partial charge in [0.25, 0.3) is 5.91 Å². The lowest BCUT2D eigenvalue weighted by Gasteiger charge is -2.06. The Hall–Kier alpha value is -1.46. The number of hydrogen-bond donors (Lipinski definition) is 1. The first-order chi connectivity index (χ1) is 8.95. The van der Waals surface area contributed by atoms with Crippen molar-refractivity contribution in [2.24, 2.45) is 0 Å². The van der Waals surface area contributed by atoms with E-state index >= 15 is 0 Å². The molecule has 98 valence electrons. The van der Waals surface area contributed by atoms with Crippen molar-refractivity contribution in [3.8, 4) is 0 Å². The number of carbonyl (C=O) groups excluding carboxylic acids is 1. The molecular formula is C13H7BrClF2NO. The van der Waals surface area contributed by atoms with Gasteiger partial charge in [0, 0.05) is 21.8 Å². The summed E-state index contributed by atoms with van der Waals surface area (Å²) >= 11 is 9.07. The zero-order valence-electron chi connectivity index (χ0n) is 9.38. The van der Waals surface area contributed by atoms with Crippen LogP contribution < -0.4 is 5.32 Å². The van der Waals surface area contributed by atoms with Crippen molar-refractivity contribution in [1.82, 2.24) is 0 Å². The summed E-state index contributed by atoms with van der Waals surface area (Å²) in [7, 11) is 0. The van der Waals surface area contributed by atoms with Crippen molar-refractivity contribution in [3.63, 3.8) is 0 Å². The highest BCUT2D eigenvalue weighted by atomic mass is 79.9. The molecule has 2 nitrogen and oxygen atoms in total. The number of hydrogen-bond acceptors (Lipinski definition) is 1. The van der Waals surface area contributed by atoms with Gasteiger partial charge >= 0.3 is 0 Å². The Labute approximate surface area is 121 Å². The molecule has 0 aliphatic heterocycles. The minimum atomic E-state index is -0.760. The Morgan fingerprint density at radius 2 is 1.74 bits per heavy atom. The molecule has 0 saturated carbocycles. The van der Waals surface area contributed by atoms with Crippen molar-refractivity contribution >= 4 is 39.1 Å². The van der Waals surface area contributed by atoms with Crippen LogP contribution in [0.25, 0.3) is 0 Å². The molecule has 1 amide bonds. The van der Waals surface area contributed by atoms with E-state index in [0.717, 1.165) is 18.2 Å². The van der Waals surface area contributed by atoms with Gasteiger partial charge < -0.3 is 5.32 Å². The molecular weight excluding hydrogens is 340 g/mol. The van der Waals surface area contributed by atoms with Gasteiger partial charge in [0.1, 0.15) is 11.6 Å². The van der Waals surface area contributed by atoms with E-state index in [1.165, 1.54) is 6.07 Å². The average molecular weight is 347 g/mol. The number of rotatable bonds is 2. The molecule has 0 aromatic heterocycles. The van der Waals surface area contributed by atoms with E-state index in [0.29, 0.717) is 9.50 Å². The van der Waals surface area contributed by atoms with E-state index in [9.17, 15) is 13.6 Å². The lowest BCUT2D eigenvalue weighted by atomic mass is 10.2. The number of nitrogens with one attached hydrogen (secondary N) is 1. The first-order valence-corrected chi connectivity index (χ1v) is 6.35. The minimum Gasteiger partial charge on any atom is -0.322 e. The maximum atomic E-state index is 13.0. The zero-order valence-corrected chi connectivity index (χ0v) is 11.7. The molecule has 0 spiro atoms. The van der Waals surface area contributed by atoms with Crippen molar-refractivity contribution in [2.75, 3.05) is 5.32 Å². The van der Waals surface area contributed by atoms with Crippen LogP contribution in [0.15, 0.2) is 40.9 Å². The second-order valence-electron chi connectivity index (χ2n) is 3.74. The van der Waals surface area contributed by atoms with Crippen LogP contribution in [-0.4, -0.2) is 5.91 Å². The van der Waals surface area contributed by atoms with Gasteiger partial charge in [-0.25, -0.2) is 8.78 Å². The minimum absolute atomic E-state index is 0.0431. The Morgan fingerprint density at radius 1 is 1.11 bits per heavy atom. The predicted molar refractivity (Wildman–Crippen MR) is 73.5 cm³/mol. The fourth-order valence-electron chi connectivity index (χ4n) is 1.47. The molecule has 0 atom stereocenters. The second-order valence-corrected chi connectivity index (χ2v) is 5.00. The topological polar surface area (TPSA) is 29.1 Å². The highest BCUT2D eigenvalue weighted by Gasteiger charge is 2.09. The quantitative estimate of drug-likeness (QED) is 0.844. The lowest BCUT2D eigenvalue weighted by molar-refractivity contribution is 0.102. The highest BCUT2D eigenvalue weighted by Crippen LogP contribution is 2.23. The third kappa shape index (κ3) is 3.52. The molecule has 2 aromatic rings. The smallest absolute Gasteiger partial charge is 0.255 e. The number of benzene rings is 2. The third-order valence-corrected chi connectivity index (χ3v) is 3.53. The van der Waals surface area contributed by atoms with Crippen LogP contribution in [0, 0.1) is 11.6 Å². The van der Waals surface area contributed by atoms with Gasteiger partial charge in [-0.1, -0.05) is 11.6 Å². The molecule has 2 rings (SSSR count). The first-order valence-electron chi connectivity index (χ1n) is 5.18. The van der Waals surface area contributed by atoms with Crippen molar-refractivity contribution in [3.05, 3.63) is 63.1 Å². The molecule has 0 fully saturated rings. The van der Waals surface area contributed by atoms with E-state index in [1.807, 2.05) is 0 Å². The van der Waals surface area contributed by atoms with Gasteiger partial charge in [0.2, 0.25) is 0 Å². The molecule has 2 aromatic carbocycles. The number of amides is 1. The maximum absolute atomic E-state index is 13.0. The van der Waals surface area contributed by atoms with E-state index in [-0.39, 0.29) is 11.3 Å². The zero-order chi connectivity index (χ0) is 14.0. The predicted octanol–water partition coefficient (Wildman–Crippen LogP) is 4.63. The van der Waals surface area contributed by atoms with Crippen LogP contribution >= 0.6 is 27.5 Å². The Balaban J connectivity index is 2.22. The van der Waals surface area contributed by atoms with Gasteiger partial charge in [0.05, 0.1) is 5.02 Å². The number of carbonyl (C=O) groups is 1. The number of anilines is 1. The summed E-state index contributed by atoms with van der Waals surface area (Å²) in [6.45, 7) is 0. The van der Waals surface area contributed by atoms with Gasteiger partial charge in [0.15, 0.2) is 0 Å². The van der Waals surface area contributed by atoms with Crippen LogP contribution in [-0.2, 0) is 0 Å². The standard InChI is InChI=1S/C13H7BrClF2NO/c14-11-2-1-7(3-12(11)15)13(19)18-10-5-8(16)4-9(17)6-10/h1-6H,(H,18,19). The van der Waals surface area contributed by atoms with Crippen LogP contribution in [0.1, 0.15) is 10.4 Å². The maximum Gasteiger partial charge on any atom is 0.255 e. The fraction of sp³-hybridized carbons (Fsp3) is 0. The Bertz CT molecular complexity index is 628. The summed E-state index contributed by atoms with van der Waals surface area (Å²) in [6.07, 6.45) is 0. The van der Waals surface area contributed by atoms with Crippen LogP contribution in [0.3, 0.4) is 0 Å². The second kappa shape index (κ2) is 5.67. The highest BCUT2D eigenvalue weighted by molar-refractivity contribution is 9.10. The van der Waals surface area contributed by atoms with Crippen LogP contribution in [0.2, 0.25) is 5.02 Å². The van der Waals surface area contributed by atoms with Gasteiger partial charge in [-0.05, 0) is 46.3 Å². The third-order valence-electron chi connectivity index (χ3n) is 2.30. The molecule has 6 heteroatoms. The summed E-state index contributed by atoms with van der Waals surface area (Å²) in [5.41, 5.74) is 0.333. The normalized spacial score (nSPS) is 10.3. The molecule has 19 heavy (non-hydrogen) atoms. The Kier molecular flexibility index (Phi) is 4.17. The number of halogens is 4. The summed E-state index contributed by atoms with van der Waals surface area (Å²) in [5.74, 6) is -2.02. The van der Waals surface area contributed by atoms with Gasteiger partial charge in [-0.2, -0.15) is 0 Å². The average Bonchev–Trinajstić information content (AvgIpc) is 2.31. The summed E-state index contributed by atoms with van der Waals surface area (Å²) in [4.78, 5) is 11.9. The lowest BCUT2D eigenvalue weighted by Crippen LogP contribution is -2.12. The van der Waals surface area contributed by atoms with E-state index in [2.05, 4.69) is 21.2 Å². The molecule has 0 aliphatic rings. The molecule has 0 aliphatic carbocycles. The fourth-order valence-corrected chi connectivity index (χ4v) is 1.89. The van der Waals surface area contributed by atoms with E-state index < -0.39 is 17.5 Å². The van der Waals surface area contributed by atoms with Crippen LogP contribution in [0.5, 0.6) is 0 Å². The molecule has 0 unspecified atom stereocenters. The SMILES string of the molecule is O=C(Nc1cc(F)cc(F)c1)c1ccc(Br)c(Cl)c1. The van der Waals surface area contributed by atoms with E-state index in [1.54, 1.807) is 12.1 Å².